The van der Waals surface area contributed by atoms with Crippen LogP contribution in [0.1, 0.15) is 70.1 Å². The van der Waals surface area contributed by atoms with Gasteiger partial charge < -0.3 is 10.3 Å². The minimum Gasteiger partial charge on any atom is -0.338 e. The molecule has 4 nitrogen and oxygen atoms in total. The number of aromatic nitrogens is 2. The largest absolute Gasteiger partial charge is 0.338 e. The summed E-state index contributed by atoms with van der Waals surface area (Å²) in [4.78, 5) is 4.46. The molecule has 0 spiro atoms. The summed E-state index contributed by atoms with van der Waals surface area (Å²) >= 11 is 0. The van der Waals surface area contributed by atoms with Crippen LogP contribution in [0.2, 0.25) is 0 Å². The summed E-state index contributed by atoms with van der Waals surface area (Å²) in [6, 6.07) is -0.185. The first-order valence-corrected chi connectivity index (χ1v) is 6.07. The number of nitrogens with zero attached hydrogens (tertiary/aromatic N) is 2. The van der Waals surface area contributed by atoms with Crippen LogP contribution in [0.5, 0.6) is 0 Å². The Morgan fingerprint density at radius 2 is 1.94 bits per heavy atom. The lowest BCUT2D eigenvalue weighted by atomic mass is 9.87. The molecule has 90 valence electrons. The van der Waals surface area contributed by atoms with E-state index in [1.807, 2.05) is 0 Å². The number of hydrogen-bond acceptors (Lipinski definition) is 4. The van der Waals surface area contributed by atoms with E-state index in [1.165, 1.54) is 25.7 Å². The molecule has 0 radical (unpaired) electrons. The molecule has 0 amide bonds. The van der Waals surface area contributed by atoms with Gasteiger partial charge >= 0.3 is 0 Å². The van der Waals surface area contributed by atoms with Crippen molar-refractivity contribution in [3.8, 4) is 0 Å². The Kier molecular flexibility index (Phi) is 3.02. The van der Waals surface area contributed by atoms with E-state index < -0.39 is 0 Å². The molecule has 1 heterocycles. The van der Waals surface area contributed by atoms with Crippen molar-refractivity contribution in [2.24, 2.45) is 11.1 Å². The van der Waals surface area contributed by atoms with E-state index in [4.69, 9.17) is 10.3 Å². The van der Waals surface area contributed by atoms with Crippen molar-refractivity contribution < 1.29 is 4.52 Å². The van der Waals surface area contributed by atoms with Crippen LogP contribution in [0.15, 0.2) is 4.52 Å². The average molecular weight is 223 g/mol. The van der Waals surface area contributed by atoms with Gasteiger partial charge in [-0.15, -0.1) is 0 Å². The number of hydrogen-bond donors (Lipinski definition) is 1. The second-order valence-electron chi connectivity index (χ2n) is 5.82. The second kappa shape index (κ2) is 4.17. The second-order valence-corrected chi connectivity index (χ2v) is 5.82. The first-order chi connectivity index (χ1) is 7.48. The Morgan fingerprint density at radius 1 is 1.31 bits per heavy atom. The van der Waals surface area contributed by atoms with E-state index in [-0.39, 0.29) is 11.5 Å². The molecule has 0 bridgehead atoms. The van der Waals surface area contributed by atoms with Crippen molar-refractivity contribution >= 4 is 0 Å². The smallest absolute Gasteiger partial charge is 0.244 e. The van der Waals surface area contributed by atoms with Gasteiger partial charge in [-0.2, -0.15) is 4.98 Å². The highest BCUT2D eigenvalue weighted by atomic mass is 16.5. The van der Waals surface area contributed by atoms with E-state index in [1.54, 1.807) is 0 Å². The number of rotatable bonds is 2. The molecule has 1 aliphatic carbocycles. The van der Waals surface area contributed by atoms with E-state index in [0.717, 1.165) is 5.82 Å². The molecule has 1 fully saturated rings. The summed E-state index contributed by atoms with van der Waals surface area (Å²) in [5, 5.41) is 4.07. The molecular formula is C12H21N3O. The fraction of sp³-hybridized carbons (Fsp3) is 0.833. The molecule has 1 aromatic rings. The maximum absolute atomic E-state index is 6.09. The van der Waals surface area contributed by atoms with Gasteiger partial charge in [0, 0.05) is 5.92 Å². The summed E-state index contributed by atoms with van der Waals surface area (Å²) in [7, 11) is 0. The summed E-state index contributed by atoms with van der Waals surface area (Å²) in [5.74, 6) is 1.92. The molecule has 1 atom stereocenters. The monoisotopic (exact) mass is 223 g/mol. The van der Waals surface area contributed by atoms with Crippen LogP contribution < -0.4 is 5.73 Å². The van der Waals surface area contributed by atoms with E-state index >= 15 is 0 Å². The quantitative estimate of drug-likeness (QED) is 0.837. The van der Waals surface area contributed by atoms with Crippen LogP contribution >= 0.6 is 0 Å². The number of nitrogens with two attached hydrogens (primary N) is 1. The van der Waals surface area contributed by atoms with Crippen LogP contribution in [0.4, 0.5) is 0 Å². The molecule has 1 saturated carbocycles. The molecule has 1 aliphatic rings. The summed E-state index contributed by atoms with van der Waals surface area (Å²) in [6.45, 7) is 6.24. The lowest BCUT2D eigenvalue weighted by molar-refractivity contribution is 0.252. The van der Waals surface area contributed by atoms with Crippen molar-refractivity contribution in [3.63, 3.8) is 0 Å². The SMILES string of the molecule is CC(C)(C)[C@@H](N)c1nc(C2CCCC2)no1. The fourth-order valence-corrected chi connectivity index (χ4v) is 2.09. The topological polar surface area (TPSA) is 64.9 Å². The van der Waals surface area contributed by atoms with Crippen molar-refractivity contribution in [2.75, 3.05) is 0 Å². The van der Waals surface area contributed by atoms with Crippen LogP contribution in [0.25, 0.3) is 0 Å². The van der Waals surface area contributed by atoms with Gasteiger partial charge in [0.1, 0.15) is 0 Å². The van der Waals surface area contributed by atoms with Gasteiger partial charge in [-0.05, 0) is 18.3 Å². The van der Waals surface area contributed by atoms with E-state index in [9.17, 15) is 0 Å². The Labute approximate surface area is 96.6 Å². The minimum absolute atomic E-state index is 0.0422. The summed E-state index contributed by atoms with van der Waals surface area (Å²) in [5.41, 5.74) is 6.05. The van der Waals surface area contributed by atoms with Gasteiger partial charge in [0.2, 0.25) is 5.89 Å². The highest BCUT2D eigenvalue weighted by molar-refractivity contribution is 5.01. The zero-order valence-electron chi connectivity index (χ0n) is 10.4. The maximum Gasteiger partial charge on any atom is 0.244 e. The fourth-order valence-electron chi connectivity index (χ4n) is 2.09. The van der Waals surface area contributed by atoms with Crippen molar-refractivity contribution in [2.45, 2.75) is 58.4 Å². The first-order valence-electron chi connectivity index (χ1n) is 6.07. The molecule has 1 aromatic heterocycles. The normalized spacial score (nSPS) is 20.2. The Balaban J connectivity index is 2.12. The van der Waals surface area contributed by atoms with Gasteiger partial charge in [0.25, 0.3) is 0 Å². The van der Waals surface area contributed by atoms with Gasteiger partial charge in [0.15, 0.2) is 5.82 Å². The standard InChI is InChI=1S/C12H21N3O/c1-12(2,3)9(13)11-14-10(15-16-11)8-6-4-5-7-8/h8-9H,4-7,13H2,1-3H3/t9-/m0/s1. The Bertz CT molecular complexity index is 347. The van der Waals surface area contributed by atoms with E-state index in [0.29, 0.717) is 11.8 Å². The average Bonchev–Trinajstić information content (AvgIpc) is 2.85. The minimum atomic E-state index is -0.185. The summed E-state index contributed by atoms with van der Waals surface area (Å²) in [6.07, 6.45) is 4.92. The third-order valence-electron chi connectivity index (χ3n) is 3.38. The molecular weight excluding hydrogens is 202 g/mol. The highest BCUT2D eigenvalue weighted by Crippen LogP contribution is 2.34. The first kappa shape index (κ1) is 11.6. The zero-order valence-corrected chi connectivity index (χ0v) is 10.4. The van der Waals surface area contributed by atoms with E-state index in [2.05, 4.69) is 30.9 Å². The van der Waals surface area contributed by atoms with Crippen molar-refractivity contribution in [1.82, 2.24) is 10.1 Å². The van der Waals surface area contributed by atoms with Gasteiger partial charge in [-0.3, -0.25) is 0 Å². The summed E-state index contributed by atoms with van der Waals surface area (Å²) < 4.78 is 5.28. The van der Waals surface area contributed by atoms with Crippen LogP contribution in [0, 0.1) is 5.41 Å². The third-order valence-corrected chi connectivity index (χ3v) is 3.38. The van der Waals surface area contributed by atoms with Crippen molar-refractivity contribution in [1.29, 1.82) is 0 Å². The molecule has 0 saturated heterocycles. The zero-order chi connectivity index (χ0) is 11.8. The van der Waals surface area contributed by atoms with Crippen molar-refractivity contribution in [3.05, 3.63) is 11.7 Å². The Hall–Kier alpha value is -0.900. The molecule has 16 heavy (non-hydrogen) atoms. The molecule has 0 aromatic carbocycles. The maximum atomic E-state index is 6.09. The molecule has 2 rings (SSSR count). The highest BCUT2D eigenvalue weighted by Gasteiger charge is 2.29. The van der Waals surface area contributed by atoms with Gasteiger partial charge in [-0.1, -0.05) is 38.8 Å². The van der Waals surface area contributed by atoms with Gasteiger partial charge in [-0.25, -0.2) is 0 Å². The molecule has 4 heteroatoms. The Morgan fingerprint density at radius 3 is 2.50 bits per heavy atom. The van der Waals surface area contributed by atoms with Crippen LogP contribution in [-0.2, 0) is 0 Å². The third kappa shape index (κ3) is 2.26. The predicted molar refractivity (Wildman–Crippen MR) is 61.9 cm³/mol. The molecule has 0 aliphatic heterocycles. The molecule has 2 N–H and O–H groups in total. The molecule has 0 unspecified atom stereocenters. The predicted octanol–water partition coefficient (Wildman–Crippen LogP) is 2.77. The van der Waals surface area contributed by atoms with Crippen LogP contribution in [0.3, 0.4) is 0 Å². The van der Waals surface area contributed by atoms with Crippen LogP contribution in [-0.4, -0.2) is 10.1 Å². The lowest BCUT2D eigenvalue weighted by Gasteiger charge is -2.23. The lowest BCUT2D eigenvalue weighted by Crippen LogP contribution is -2.26. The van der Waals surface area contributed by atoms with Gasteiger partial charge in [0.05, 0.1) is 6.04 Å².